The Morgan fingerprint density at radius 1 is 1.26 bits per heavy atom. The van der Waals surface area contributed by atoms with Crippen LogP contribution in [0.15, 0.2) is 24.3 Å². The van der Waals surface area contributed by atoms with Crippen molar-refractivity contribution in [1.29, 1.82) is 0 Å². The van der Waals surface area contributed by atoms with Crippen LogP contribution in [-0.2, 0) is 4.79 Å². The molecule has 2 amide bonds. The average Bonchev–Trinajstić information content (AvgIpc) is 2.37. The molecule has 0 heterocycles. The van der Waals surface area contributed by atoms with Crippen LogP contribution in [0.1, 0.15) is 36.2 Å². The van der Waals surface area contributed by atoms with Gasteiger partial charge in [-0.15, -0.1) is 0 Å². The minimum Gasteiger partial charge on any atom is -0.350 e. The molecule has 1 N–H and O–H groups in total. The molecule has 1 aromatic carbocycles. The summed E-state index contributed by atoms with van der Waals surface area (Å²) in [5, 5.41) is 2.84. The number of hydrogen-bond acceptors (Lipinski definition) is 2. The molecule has 4 nitrogen and oxygen atoms in total. The van der Waals surface area contributed by atoms with E-state index >= 15 is 0 Å². The fourth-order valence-corrected chi connectivity index (χ4v) is 1.89. The summed E-state index contributed by atoms with van der Waals surface area (Å²) in [7, 11) is 0. The van der Waals surface area contributed by atoms with Crippen molar-refractivity contribution in [2.24, 2.45) is 0 Å². The number of aryl methyl sites for hydroxylation is 1. The van der Waals surface area contributed by atoms with Crippen LogP contribution in [0.4, 0.5) is 0 Å². The van der Waals surface area contributed by atoms with Crippen LogP contribution >= 0.6 is 0 Å². The third kappa shape index (κ3) is 5.12. The van der Waals surface area contributed by atoms with Gasteiger partial charge in [0, 0.05) is 32.1 Å². The molecule has 0 fully saturated rings. The van der Waals surface area contributed by atoms with Gasteiger partial charge in [-0.1, -0.05) is 24.6 Å². The summed E-state index contributed by atoms with van der Waals surface area (Å²) in [5.74, 6) is -0.0460. The largest absolute Gasteiger partial charge is 0.350 e. The van der Waals surface area contributed by atoms with Gasteiger partial charge in [-0.05, 0) is 25.5 Å². The van der Waals surface area contributed by atoms with E-state index in [2.05, 4.69) is 5.32 Å². The molecule has 0 aliphatic carbocycles. The molecule has 0 aliphatic heterocycles. The second-order valence-electron chi connectivity index (χ2n) is 4.63. The fourth-order valence-electron chi connectivity index (χ4n) is 1.89. The summed E-state index contributed by atoms with van der Waals surface area (Å²) in [6.45, 7) is 7.30. The maximum absolute atomic E-state index is 11.9. The number of benzene rings is 1. The number of amides is 2. The van der Waals surface area contributed by atoms with Gasteiger partial charge >= 0.3 is 0 Å². The number of rotatable bonds is 6. The van der Waals surface area contributed by atoms with E-state index in [0.29, 0.717) is 18.7 Å². The van der Waals surface area contributed by atoms with E-state index in [1.54, 1.807) is 17.9 Å². The van der Waals surface area contributed by atoms with Crippen molar-refractivity contribution >= 4 is 11.8 Å². The lowest BCUT2D eigenvalue weighted by molar-refractivity contribution is -0.128. The quantitative estimate of drug-likeness (QED) is 0.852. The van der Waals surface area contributed by atoms with Crippen molar-refractivity contribution in [2.45, 2.75) is 27.2 Å². The molecule has 0 spiro atoms. The minimum absolute atomic E-state index is 0.0478. The van der Waals surface area contributed by atoms with Gasteiger partial charge in [-0.2, -0.15) is 0 Å². The van der Waals surface area contributed by atoms with E-state index in [0.717, 1.165) is 18.5 Å². The first kappa shape index (κ1) is 15.2. The molecule has 0 saturated carbocycles. The molecule has 0 radical (unpaired) electrons. The molecule has 4 heteroatoms. The highest BCUT2D eigenvalue weighted by molar-refractivity contribution is 5.94. The Kier molecular flexibility index (Phi) is 6.06. The first-order chi connectivity index (χ1) is 9.04. The normalized spacial score (nSPS) is 10.1. The lowest BCUT2D eigenvalue weighted by Gasteiger charge is -2.20. The van der Waals surface area contributed by atoms with E-state index in [1.165, 1.54) is 0 Å². The van der Waals surface area contributed by atoms with E-state index in [-0.39, 0.29) is 11.8 Å². The SMILES string of the molecule is CCCN(CCNC(=O)c1cccc(C)c1)C(C)=O. The van der Waals surface area contributed by atoms with Gasteiger partial charge in [0.1, 0.15) is 0 Å². The average molecular weight is 262 g/mol. The second-order valence-corrected chi connectivity index (χ2v) is 4.63. The van der Waals surface area contributed by atoms with E-state index in [1.807, 2.05) is 32.0 Å². The van der Waals surface area contributed by atoms with Crippen molar-refractivity contribution < 1.29 is 9.59 Å². The summed E-state index contributed by atoms with van der Waals surface area (Å²) >= 11 is 0. The topological polar surface area (TPSA) is 49.4 Å². The van der Waals surface area contributed by atoms with Gasteiger partial charge in [0.2, 0.25) is 5.91 Å². The highest BCUT2D eigenvalue weighted by Gasteiger charge is 2.09. The molecule has 104 valence electrons. The summed E-state index contributed by atoms with van der Waals surface area (Å²) in [6.07, 6.45) is 0.922. The smallest absolute Gasteiger partial charge is 0.251 e. The third-order valence-electron chi connectivity index (χ3n) is 2.89. The Bertz CT molecular complexity index is 444. The van der Waals surface area contributed by atoms with Crippen LogP contribution in [0, 0.1) is 6.92 Å². The van der Waals surface area contributed by atoms with Gasteiger partial charge in [-0.25, -0.2) is 0 Å². The number of hydrogen-bond donors (Lipinski definition) is 1. The van der Waals surface area contributed by atoms with Crippen LogP contribution in [0.2, 0.25) is 0 Å². The highest BCUT2D eigenvalue weighted by atomic mass is 16.2. The molecule has 0 aliphatic rings. The summed E-state index contributed by atoms with van der Waals surface area (Å²) in [5.41, 5.74) is 1.72. The molecule has 0 saturated heterocycles. The molecule has 1 aromatic rings. The van der Waals surface area contributed by atoms with Gasteiger partial charge in [0.25, 0.3) is 5.91 Å². The van der Waals surface area contributed by atoms with Gasteiger partial charge in [-0.3, -0.25) is 9.59 Å². The van der Waals surface area contributed by atoms with E-state index < -0.39 is 0 Å². The number of carbonyl (C=O) groups is 2. The van der Waals surface area contributed by atoms with Crippen molar-refractivity contribution in [3.05, 3.63) is 35.4 Å². The molecule has 0 bridgehead atoms. The molecule has 19 heavy (non-hydrogen) atoms. The Morgan fingerprint density at radius 3 is 2.58 bits per heavy atom. The van der Waals surface area contributed by atoms with Crippen molar-refractivity contribution in [1.82, 2.24) is 10.2 Å². The summed E-state index contributed by atoms with van der Waals surface area (Å²) in [4.78, 5) is 25.0. The maximum atomic E-state index is 11.9. The number of nitrogens with one attached hydrogen (secondary N) is 1. The minimum atomic E-state index is -0.0938. The van der Waals surface area contributed by atoms with Gasteiger partial charge < -0.3 is 10.2 Å². The van der Waals surface area contributed by atoms with Crippen LogP contribution in [-0.4, -0.2) is 36.3 Å². The monoisotopic (exact) mass is 262 g/mol. The van der Waals surface area contributed by atoms with Gasteiger partial charge in [0.15, 0.2) is 0 Å². The molecule has 0 aromatic heterocycles. The Morgan fingerprint density at radius 2 is 2.00 bits per heavy atom. The first-order valence-electron chi connectivity index (χ1n) is 6.65. The van der Waals surface area contributed by atoms with Crippen LogP contribution in [0.5, 0.6) is 0 Å². The zero-order valence-electron chi connectivity index (χ0n) is 11.9. The molecular formula is C15H22N2O2. The lowest BCUT2D eigenvalue weighted by Crippen LogP contribution is -2.37. The van der Waals surface area contributed by atoms with E-state index in [4.69, 9.17) is 0 Å². The van der Waals surface area contributed by atoms with Crippen LogP contribution in [0.3, 0.4) is 0 Å². The van der Waals surface area contributed by atoms with Crippen molar-refractivity contribution in [3.63, 3.8) is 0 Å². The standard InChI is InChI=1S/C15H22N2O2/c1-4-9-17(13(3)18)10-8-16-15(19)14-7-5-6-12(2)11-14/h5-7,11H,4,8-10H2,1-3H3,(H,16,19). The maximum Gasteiger partial charge on any atom is 0.251 e. The highest BCUT2D eigenvalue weighted by Crippen LogP contribution is 2.03. The lowest BCUT2D eigenvalue weighted by atomic mass is 10.1. The molecule has 0 unspecified atom stereocenters. The Labute approximate surface area is 114 Å². The Hall–Kier alpha value is -1.84. The first-order valence-corrected chi connectivity index (χ1v) is 6.65. The van der Waals surface area contributed by atoms with Gasteiger partial charge in [0.05, 0.1) is 0 Å². The number of nitrogens with zero attached hydrogens (tertiary/aromatic N) is 1. The second kappa shape index (κ2) is 7.56. The fraction of sp³-hybridized carbons (Fsp3) is 0.467. The van der Waals surface area contributed by atoms with Crippen molar-refractivity contribution in [2.75, 3.05) is 19.6 Å². The van der Waals surface area contributed by atoms with Crippen molar-refractivity contribution in [3.8, 4) is 0 Å². The molecule has 0 atom stereocenters. The molecular weight excluding hydrogens is 240 g/mol. The molecule has 1 rings (SSSR count). The third-order valence-corrected chi connectivity index (χ3v) is 2.89. The Balaban J connectivity index is 2.44. The van der Waals surface area contributed by atoms with Crippen LogP contribution < -0.4 is 5.32 Å². The zero-order valence-corrected chi connectivity index (χ0v) is 11.9. The summed E-state index contributed by atoms with van der Waals surface area (Å²) in [6, 6.07) is 7.46. The van der Waals surface area contributed by atoms with E-state index in [9.17, 15) is 9.59 Å². The predicted molar refractivity (Wildman–Crippen MR) is 76.1 cm³/mol. The number of carbonyl (C=O) groups excluding carboxylic acids is 2. The van der Waals surface area contributed by atoms with Crippen LogP contribution in [0.25, 0.3) is 0 Å². The predicted octanol–water partition coefficient (Wildman–Crippen LogP) is 1.98. The zero-order chi connectivity index (χ0) is 14.3. The summed E-state index contributed by atoms with van der Waals surface area (Å²) < 4.78 is 0.